The molecule has 0 aromatic heterocycles. The summed E-state index contributed by atoms with van der Waals surface area (Å²) < 4.78 is 14.4. The molecule has 0 saturated heterocycles. The largest absolute Gasteiger partial charge is 0.384 e. The molecule has 0 amide bonds. The highest BCUT2D eigenvalue weighted by Crippen LogP contribution is 2.31. The first-order chi connectivity index (χ1) is 17.9. The molecule has 0 spiro atoms. The first-order valence-electron chi connectivity index (χ1n) is 12.4. The SMILES string of the molecule is Cc1ccccc1Nc1ccc(C(=O)C2=c3ccc4c(c3CCC2)C(O)C=c2c(F)cccc2=4)c(Cl)c1. The fraction of sp³-hybridized carbons (Fsp3) is 0.156. The number of Topliss-reactive ketones (excluding diaryl/α,β-unsaturated/α-hetero) is 1. The van der Waals surface area contributed by atoms with Crippen molar-refractivity contribution in [3.8, 4) is 0 Å². The normalized spacial score (nSPS) is 15.8. The van der Waals surface area contributed by atoms with Crippen LogP contribution in [0, 0.1) is 23.2 Å². The van der Waals surface area contributed by atoms with E-state index >= 15 is 0 Å². The molecule has 1 unspecified atom stereocenters. The third-order valence-corrected chi connectivity index (χ3v) is 7.72. The average molecular weight is 510 g/mol. The molecule has 2 aliphatic rings. The van der Waals surface area contributed by atoms with Crippen LogP contribution in [-0.4, -0.2) is 10.9 Å². The third kappa shape index (κ3) is 4.07. The number of aliphatic hydroxyl groups excluding tert-OH is 1. The van der Waals surface area contributed by atoms with Crippen molar-refractivity contribution in [3.63, 3.8) is 0 Å². The van der Waals surface area contributed by atoms with Gasteiger partial charge in [0.1, 0.15) is 5.82 Å². The molecule has 0 fully saturated rings. The molecule has 0 heterocycles. The fourth-order valence-electron chi connectivity index (χ4n) is 5.59. The van der Waals surface area contributed by atoms with Crippen LogP contribution in [0.4, 0.5) is 15.8 Å². The summed E-state index contributed by atoms with van der Waals surface area (Å²) in [6.07, 6.45) is 2.81. The number of carbonyl (C=O) groups excluding carboxylic acids is 1. The predicted octanol–water partition coefficient (Wildman–Crippen LogP) is 6.02. The van der Waals surface area contributed by atoms with E-state index in [0.717, 1.165) is 56.6 Å². The molecule has 4 aromatic rings. The summed E-state index contributed by atoms with van der Waals surface area (Å²) in [7, 11) is 0. The molecule has 184 valence electrons. The number of anilines is 2. The monoisotopic (exact) mass is 509 g/mol. The number of nitrogens with one attached hydrogen (secondary N) is 1. The molecular weight excluding hydrogens is 485 g/mol. The minimum Gasteiger partial charge on any atom is -0.384 e. The van der Waals surface area contributed by atoms with Crippen LogP contribution in [0.5, 0.6) is 0 Å². The highest BCUT2D eigenvalue weighted by Gasteiger charge is 2.25. The lowest BCUT2D eigenvalue weighted by molar-refractivity contribution is 0.105. The van der Waals surface area contributed by atoms with E-state index in [1.807, 2.05) is 55.5 Å². The number of halogens is 2. The predicted molar refractivity (Wildman–Crippen MR) is 146 cm³/mol. The number of ketones is 1. The van der Waals surface area contributed by atoms with Crippen molar-refractivity contribution in [3.05, 3.63) is 127 Å². The smallest absolute Gasteiger partial charge is 0.191 e. The van der Waals surface area contributed by atoms with Gasteiger partial charge in [0.15, 0.2) is 5.78 Å². The highest BCUT2D eigenvalue weighted by molar-refractivity contribution is 6.38. The van der Waals surface area contributed by atoms with Crippen LogP contribution in [0.25, 0.3) is 11.6 Å². The molecular formula is C32H25ClFNO2. The van der Waals surface area contributed by atoms with Crippen LogP contribution < -0.4 is 15.8 Å². The van der Waals surface area contributed by atoms with Crippen molar-refractivity contribution in [2.24, 2.45) is 0 Å². The summed E-state index contributed by atoms with van der Waals surface area (Å²) in [6, 6.07) is 22.2. The molecule has 2 N–H and O–H groups in total. The van der Waals surface area contributed by atoms with Gasteiger partial charge in [0.25, 0.3) is 0 Å². The lowest BCUT2D eigenvalue weighted by Crippen LogP contribution is -2.27. The Morgan fingerprint density at radius 2 is 1.78 bits per heavy atom. The van der Waals surface area contributed by atoms with Gasteiger partial charge < -0.3 is 10.4 Å². The second-order valence-electron chi connectivity index (χ2n) is 9.66. The van der Waals surface area contributed by atoms with Gasteiger partial charge in [-0.3, -0.25) is 4.79 Å². The molecule has 37 heavy (non-hydrogen) atoms. The average Bonchev–Trinajstić information content (AvgIpc) is 2.90. The summed E-state index contributed by atoms with van der Waals surface area (Å²) in [5.41, 5.74) is 5.78. The first-order valence-corrected chi connectivity index (χ1v) is 12.8. The van der Waals surface area contributed by atoms with E-state index in [0.29, 0.717) is 27.8 Å². The van der Waals surface area contributed by atoms with E-state index in [-0.39, 0.29) is 11.6 Å². The minimum absolute atomic E-state index is 0.103. The van der Waals surface area contributed by atoms with Crippen molar-refractivity contribution >= 4 is 40.4 Å². The number of fused-ring (bicyclic) bond motifs is 4. The van der Waals surface area contributed by atoms with E-state index in [4.69, 9.17) is 11.6 Å². The maximum Gasteiger partial charge on any atom is 0.191 e. The number of rotatable bonds is 4. The van der Waals surface area contributed by atoms with Crippen LogP contribution in [0.1, 0.15) is 46.0 Å². The van der Waals surface area contributed by atoms with Gasteiger partial charge in [0.2, 0.25) is 0 Å². The molecule has 0 aliphatic heterocycles. The standard InChI is InChI=1S/C32H25ClFNO2/c1-18-6-2-3-11-29(18)35-19-12-13-25(27(33)16-19)32(37)24-9-4-8-22-21(24)14-15-23-20-7-5-10-28(34)26(20)17-30(36)31(22)23/h2-3,5-7,10-17,30,35-36H,4,8-9H2,1H3. The topological polar surface area (TPSA) is 49.3 Å². The lowest BCUT2D eigenvalue weighted by atomic mass is 9.83. The molecule has 1 atom stereocenters. The Hall–Kier alpha value is -3.73. The Morgan fingerprint density at radius 3 is 2.59 bits per heavy atom. The van der Waals surface area contributed by atoms with E-state index in [1.54, 1.807) is 24.3 Å². The van der Waals surface area contributed by atoms with Crippen LogP contribution >= 0.6 is 11.6 Å². The number of carbonyl (C=O) groups is 1. The van der Waals surface area contributed by atoms with Crippen LogP contribution in [0.2, 0.25) is 5.02 Å². The zero-order chi connectivity index (χ0) is 25.7. The minimum atomic E-state index is -0.931. The summed E-state index contributed by atoms with van der Waals surface area (Å²) in [5, 5.41) is 17.6. The van der Waals surface area contributed by atoms with Gasteiger partial charge in [-0.05, 0) is 94.9 Å². The number of aryl methyl sites for hydroxylation is 1. The van der Waals surface area contributed by atoms with Crippen LogP contribution in [0.15, 0.2) is 72.8 Å². The number of hydrogen-bond donors (Lipinski definition) is 2. The first kappa shape index (κ1) is 23.7. The Labute approximate surface area is 218 Å². The fourth-order valence-corrected chi connectivity index (χ4v) is 5.86. The molecule has 6 rings (SSSR count). The summed E-state index contributed by atoms with van der Waals surface area (Å²) in [6.45, 7) is 2.03. The van der Waals surface area contributed by atoms with Gasteiger partial charge in [0, 0.05) is 27.7 Å². The molecule has 0 radical (unpaired) electrons. The number of aliphatic hydroxyl groups is 1. The second-order valence-corrected chi connectivity index (χ2v) is 10.1. The van der Waals surface area contributed by atoms with E-state index in [9.17, 15) is 14.3 Å². The Morgan fingerprint density at radius 1 is 0.973 bits per heavy atom. The van der Waals surface area contributed by atoms with Gasteiger partial charge in [-0.25, -0.2) is 4.39 Å². The number of para-hydroxylation sites is 1. The molecule has 2 aliphatic carbocycles. The van der Waals surface area contributed by atoms with E-state index in [1.165, 1.54) is 6.07 Å². The lowest BCUT2D eigenvalue weighted by Gasteiger charge is -2.23. The number of hydrogen-bond acceptors (Lipinski definition) is 3. The Bertz CT molecular complexity index is 1810. The quantitative estimate of drug-likeness (QED) is 0.331. The van der Waals surface area contributed by atoms with Gasteiger partial charge in [0.05, 0.1) is 11.1 Å². The molecule has 0 saturated carbocycles. The Balaban J connectivity index is 1.45. The van der Waals surface area contributed by atoms with Crippen molar-refractivity contribution in [2.45, 2.75) is 32.3 Å². The Kier molecular flexibility index (Phi) is 5.94. The van der Waals surface area contributed by atoms with Crippen molar-refractivity contribution < 1.29 is 14.3 Å². The van der Waals surface area contributed by atoms with Crippen molar-refractivity contribution in [1.29, 1.82) is 0 Å². The molecule has 3 nitrogen and oxygen atoms in total. The summed E-state index contributed by atoms with van der Waals surface area (Å²) in [5.74, 6) is -0.452. The maximum atomic E-state index is 14.4. The summed E-state index contributed by atoms with van der Waals surface area (Å²) >= 11 is 6.63. The van der Waals surface area contributed by atoms with E-state index in [2.05, 4.69) is 5.32 Å². The van der Waals surface area contributed by atoms with Gasteiger partial charge >= 0.3 is 0 Å². The zero-order valence-electron chi connectivity index (χ0n) is 20.3. The second kappa shape index (κ2) is 9.29. The van der Waals surface area contributed by atoms with Crippen molar-refractivity contribution in [1.82, 2.24) is 0 Å². The molecule has 5 heteroatoms. The molecule has 4 aromatic carbocycles. The van der Waals surface area contributed by atoms with Gasteiger partial charge in [-0.1, -0.05) is 54.1 Å². The van der Waals surface area contributed by atoms with Crippen LogP contribution in [0.3, 0.4) is 0 Å². The molecule has 0 bridgehead atoms. The summed E-state index contributed by atoms with van der Waals surface area (Å²) in [4.78, 5) is 13.7. The third-order valence-electron chi connectivity index (χ3n) is 7.41. The maximum absolute atomic E-state index is 14.4. The highest BCUT2D eigenvalue weighted by atomic mass is 35.5. The number of benzene rings is 4. The van der Waals surface area contributed by atoms with Crippen molar-refractivity contribution in [2.75, 3.05) is 5.32 Å². The zero-order valence-corrected chi connectivity index (χ0v) is 21.1. The van der Waals surface area contributed by atoms with Crippen LogP contribution in [-0.2, 0) is 6.42 Å². The van der Waals surface area contributed by atoms with Gasteiger partial charge in [-0.2, -0.15) is 0 Å². The van der Waals surface area contributed by atoms with Gasteiger partial charge in [-0.15, -0.1) is 0 Å². The van der Waals surface area contributed by atoms with E-state index < -0.39 is 6.10 Å².